The van der Waals surface area contributed by atoms with Crippen molar-refractivity contribution in [3.8, 4) is 11.1 Å². The fourth-order valence-corrected chi connectivity index (χ4v) is 2.60. The van der Waals surface area contributed by atoms with Crippen LogP contribution in [0.5, 0.6) is 0 Å². The molecule has 0 fully saturated rings. The summed E-state index contributed by atoms with van der Waals surface area (Å²) in [6, 6.07) is 22.5. The molecule has 0 bridgehead atoms. The monoisotopic (exact) mass is 231 g/mol. The van der Waals surface area contributed by atoms with Crippen molar-refractivity contribution in [1.29, 1.82) is 0 Å². The Hall–Kier alpha value is -2.08. The van der Waals surface area contributed by atoms with Crippen LogP contribution in [-0.2, 0) is 0 Å². The minimum Gasteiger partial charge on any atom is -0.0616 e. The first-order valence-electron chi connectivity index (χ1n) is 6.23. The third-order valence-electron chi connectivity index (χ3n) is 3.46. The van der Waals surface area contributed by atoms with Crippen molar-refractivity contribution in [3.05, 3.63) is 71.8 Å². The highest BCUT2D eigenvalue weighted by Gasteiger charge is 2.08. The van der Waals surface area contributed by atoms with E-state index in [1.165, 1.54) is 33.0 Å². The third-order valence-corrected chi connectivity index (χ3v) is 3.46. The van der Waals surface area contributed by atoms with Crippen molar-refractivity contribution in [1.82, 2.24) is 0 Å². The predicted octanol–water partition coefficient (Wildman–Crippen LogP) is 4.92. The summed E-state index contributed by atoms with van der Waals surface area (Å²) >= 11 is 0. The van der Waals surface area contributed by atoms with Crippen LogP contribution in [-0.4, -0.2) is 0 Å². The Morgan fingerprint density at radius 3 is 2.44 bits per heavy atom. The Labute approximate surface area is 108 Å². The molecule has 0 atom stereocenters. The minimum atomic E-state index is 1.21. The highest BCUT2D eigenvalue weighted by molar-refractivity contribution is 5.97. The van der Waals surface area contributed by atoms with Crippen molar-refractivity contribution in [2.45, 2.75) is 13.8 Å². The van der Waals surface area contributed by atoms with Gasteiger partial charge in [0.15, 0.2) is 0 Å². The molecule has 87 valence electrons. The zero-order valence-corrected chi connectivity index (χ0v) is 10.7. The topological polar surface area (TPSA) is 0 Å². The second-order valence-electron chi connectivity index (χ2n) is 4.69. The predicted molar refractivity (Wildman–Crippen MR) is 77.7 cm³/mol. The van der Waals surface area contributed by atoms with E-state index in [2.05, 4.69) is 68.4 Å². The van der Waals surface area contributed by atoms with E-state index < -0.39 is 0 Å². The van der Waals surface area contributed by atoms with Crippen LogP contribution < -0.4 is 0 Å². The molecule has 1 radical (unpaired) electrons. The Bertz CT molecular complexity index is 683. The summed E-state index contributed by atoms with van der Waals surface area (Å²) in [4.78, 5) is 0. The van der Waals surface area contributed by atoms with E-state index in [9.17, 15) is 0 Å². The van der Waals surface area contributed by atoms with Gasteiger partial charge in [0.2, 0.25) is 0 Å². The van der Waals surface area contributed by atoms with Crippen LogP contribution in [0.2, 0.25) is 0 Å². The van der Waals surface area contributed by atoms with Gasteiger partial charge in [-0.3, -0.25) is 0 Å². The molecule has 0 saturated carbocycles. The molecule has 0 heterocycles. The molecule has 0 amide bonds. The summed E-state index contributed by atoms with van der Waals surface area (Å²) in [5.74, 6) is 0. The Balaban J connectivity index is 2.39. The van der Waals surface area contributed by atoms with E-state index in [-0.39, 0.29) is 0 Å². The lowest BCUT2D eigenvalue weighted by Crippen LogP contribution is -1.89. The molecule has 3 rings (SSSR count). The highest BCUT2D eigenvalue weighted by atomic mass is 14.1. The van der Waals surface area contributed by atoms with Crippen molar-refractivity contribution in [2.24, 2.45) is 0 Å². The van der Waals surface area contributed by atoms with E-state index in [4.69, 9.17) is 0 Å². The second kappa shape index (κ2) is 4.30. The first-order valence-corrected chi connectivity index (χ1v) is 6.23. The van der Waals surface area contributed by atoms with Crippen LogP contribution >= 0.6 is 0 Å². The van der Waals surface area contributed by atoms with Gasteiger partial charge in [0.05, 0.1) is 0 Å². The van der Waals surface area contributed by atoms with Gasteiger partial charge in [0.1, 0.15) is 0 Å². The molecule has 0 unspecified atom stereocenters. The van der Waals surface area contributed by atoms with Gasteiger partial charge < -0.3 is 0 Å². The van der Waals surface area contributed by atoms with Gasteiger partial charge in [-0.25, -0.2) is 0 Å². The summed E-state index contributed by atoms with van der Waals surface area (Å²) in [5, 5.41) is 2.60. The van der Waals surface area contributed by atoms with E-state index >= 15 is 0 Å². The van der Waals surface area contributed by atoms with Gasteiger partial charge >= 0.3 is 0 Å². The van der Waals surface area contributed by atoms with Crippen LogP contribution in [0.1, 0.15) is 11.1 Å². The number of hydrogen-bond acceptors (Lipinski definition) is 0. The first-order chi connectivity index (χ1) is 8.77. The number of rotatable bonds is 1. The lowest BCUT2D eigenvalue weighted by molar-refractivity contribution is 1.38. The summed E-state index contributed by atoms with van der Waals surface area (Å²) in [5.41, 5.74) is 5.14. The average Bonchev–Trinajstić information content (AvgIpc) is 2.39. The van der Waals surface area contributed by atoms with Gasteiger partial charge in [-0.05, 0) is 52.9 Å². The van der Waals surface area contributed by atoms with Crippen molar-refractivity contribution < 1.29 is 0 Å². The first kappa shape index (κ1) is 11.0. The molecule has 0 heteroatoms. The van der Waals surface area contributed by atoms with E-state index in [1.54, 1.807) is 0 Å². The van der Waals surface area contributed by atoms with E-state index in [1.807, 2.05) is 6.07 Å². The zero-order valence-electron chi connectivity index (χ0n) is 10.7. The summed E-state index contributed by atoms with van der Waals surface area (Å²) in [7, 11) is 0. The molecule has 3 aromatic carbocycles. The van der Waals surface area contributed by atoms with Crippen LogP contribution in [0, 0.1) is 19.9 Å². The van der Waals surface area contributed by atoms with Crippen molar-refractivity contribution in [3.63, 3.8) is 0 Å². The molecule has 0 nitrogen and oxygen atoms in total. The summed E-state index contributed by atoms with van der Waals surface area (Å²) in [6.07, 6.45) is 0. The van der Waals surface area contributed by atoms with Gasteiger partial charge in [-0.1, -0.05) is 54.6 Å². The molecule has 0 aromatic heterocycles. The lowest BCUT2D eigenvalue weighted by atomic mass is 9.92. The maximum absolute atomic E-state index is 3.30. The van der Waals surface area contributed by atoms with Gasteiger partial charge in [-0.2, -0.15) is 0 Å². The van der Waals surface area contributed by atoms with Crippen LogP contribution in [0.3, 0.4) is 0 Å². The number of fused-ring (bicyclic) bond motifs is 1. The quantitative estimate of drug-likeness (QED) is 0.557. The third kappa shape index (κ3) is 1.70. The molecule has 18 heavy (non-hydrogen) atoms. The normalized spacial score (nSPS) is 10.8. The molecule has 0 aliphatic carbocycles. The zero-order chi connectivity index (χ0) is 12.5. The highest BCUT2D eigenvalue weighted by Crippen LogP contribution is 2.32. The number of aryl methyl sites for hydroxylation is 2. The van der Waals surface area contributed by atoms with E-state index in [0.717, 1.165) is 0 Å². The molecule has 0 aliphatic heterocycles. The minimum absolute atomic E-state index is 1.21. The molecule has 0 saturated heterocycles. The number of hydrogen-bond donors (Lipinski definition) is 0. The molecular formula is C18H15. The Morgan fingerprint density at radius 1 is 0.833 bits per heavy atom. The van der Waals surface area contributed by atoms with Gasteiger partial charge in [-0.15, -0.1) is 0 Å². The summed E-state index contributed by atoms with van der Waals surface area (Å²) < 4.78 is 0. The molecule has 3 aromatic rings. The van der Waals surface area contributed by atoms with Crippen LogP contribution in [0.15, 0.2) is 54.6 Å². The van der Waals surface area contributed by atoms with Gasteiger partial charge in [0, 0.05) is 0 Å². The van der Waals surface area contributed by atoms with Gasteiger partial charge in [0.25, 0.3) is 0 Å². The lowest BCUT2D eigenvalue weighted by Gasteiger charge is -2.12. The Morgan fingerprint density at radius 2 is 1.61 bits per heavy atom. The smallest absolute Gasteiger partial charge is 0.00999 e. The SMILES string of the molecule is Cc1[c]ccc(C)c1-c1cccc2ccccc12. The fraction of sp³-hybridized carbons (Fsp3) is 0.111. The second-order valence-corrected chi connectivity index (χ2v) is 4.69. The van der Waals surface area contributed by atoms with Crippen molar-refractivity contribution >= 4 is 10.8 Å². The Kier molecular flexibility index (Phi) is 2.64. The molecular weight excluding hydrogens is 216 g/mol. The fourth-order valence-electron chi connectivity index (χ4n) is 2.60. The van der Waals surface area contributed by atoms with Crippen LogP contribution in [0.25, 0.3) is 21.9 Å². The van der Waals surface area contributed by atoms with Crippen molar-refractivity contribution in [2.75, 3.05) is 0 Å². The average molecular weight is 231 g/mol. The standard InChI is InChI=1S/C18H15/c1-13-7-5-8-14(2)18(13)17-12-6-10-15-9-3-4-11-16(15)17/h3-7,9-12H,1-2H3. The number of benzene rings is 3. The molecule has 0 spiro atoms. The maximum Gasteiger partial charge on any atom is -0.00999 e. The largest absolute Gasteiger partial charge is 0.0616 e. The maximum atomic E-state index is 3.30. The molecule has 0 N–H and O–H groups in total. The van der Waals surface area contributed by atoms with Crippen LogP contribution in [0.4, 0.5) is 0 Å². The molecule has 0 aliphatic rings. The summed E-state index contributed by atoms with van der Waals surface area (Å²) in [6.45, 7) is 4.29. The van der Waals surface area contributed by atoms with E-state index in [0.29, 0.717) is 0 Å².